The maximum atomic E-state index is 5.09. The van der Waals surface area contributed by atoms with Crippen LogP contribution in [0.4, 0.5) is 0 Å². The summed E-state index contributed by atoms with van der Waals surface area (Å²) in [6.07, 6.45) is 5.07. The molecule has 2 heteroatoms. The molecule has 2 nitrogen and oxygen atoms in total. The summed E-state index contributed by atoms with van der Waals surface area (Å²) in [6, 6.07) is 0. The molecule has 0 saturated carbocycles. The van der Waals surface area contributed by atoms with Gasteiger partial charge in [-0.25, -0.2) is 0 Å². The van der Waals surface area contributed by atoms with Crippen molar-refractivity contribution in [2.75, 3.05) is 26.8 Å². The molecule has 0 aliphatic rings. The van der Waals surface area contributed by atoms with Gasteiger partial charge in [0.25, 0.3) is 0 Å². The Labute approximate surface area is 89.4 Å². The van der Waals surface area contributed by atoms with Crippen molar-refractivity contribution < 1.29 is 4.74 Å². The maximum Gasteiger partial charge on any atom is 0.0467 e. The van der Waals surface area contributed by atoms with Crippen LogP contribution in [0, 0.1) is 5.41 Å². The van der Waals surface area contributed by atoms with E-state index >= 15 is 0 Å². The lowest BCUT2D eigenvalue weighted by molar-refractivity contribution is 0.151. The standard InChI is InChI=1S/C12H27NO/c1-5-6-7-9-13-11-12(2,3)8-10-14-4/h13H,5-11H2,1-4H3. The summed E-state index contributed by atoms with van der Waals surface area (Å²) in [5, 5.41) is 3.51. The first-order valence-corrected chi connectivity index (χ1v) is 5.82. The van der Waals surface area contributed by atoms with Crippen molar-refractivity contribution in [3.8, 4) is 0 Å². The molecule has 0 fully saturated rings. The summed E-state index contributed by atoms with van der Waals surface area (Å²) < 4.78 is 5.09. The van der Waals surface area contributed by atoms with Gasteiger partial charge in [-0.3, -0.25) is 0 Å². The van der Waals surface area contributed by atoms with Crippen LogP contribution in [0.1, 0.15) is 46.5 Å². The number of ether oxygens (including phenoxy) is 1. The quantitative estimate of drug-likeness (QED) is 0.579. The third-order valence-electron chi connectivity index (χ3n) is 2.54. The molecule has 1 N–H and O–H groups in total. The van der Waals surface area contributed by atoms with Crippen LogP contribution in [0.2, 0.25) is 0 Å². The largest absolute Gasteiger partial charge is 0.385 e. The van der Waals surface area contributed by atoms with Crippen molar-refractivity contribution in [2.24, 2.45) is 5.41 Å². The molecule has 0 aromatic carbocycles. The van der Waals surface area contributed by atoms with Crippen molar-refractivity contribution in [3.63, 3.8) is 0 Å². The monoisotopic (exact) mass is 201 g/mol. The summed E-state index contributed by atoms with van der Waals surface area (Å²) >= 11 is 0. The van der Waals surface area contributed by atoms with Crippen molar-refractivity contribution in [2.45, 2.75) is 46.5 Å². The first-order chi connectivity index (χ1) is 6.62. The van der Waals surface area contributed by atoms with Crippen molar-refractivity contribution in [1.29, 1.82) is 0 Å². The van der Waals surface area contributed by atoms with Crippen LogP contribution in [0.3, 0.4) is 0 Å². The van der Waals surface area contributed by atoms with E-state index in [1.807, 2.05) is 0 Å². The highest BCUT2D eigenvalue weighted by Crippen LogP contribution is 2.18. The van der Waals surface area contributed by atoms with Gasteiger partial charge < -0.3 is 10.1 Å². The minimum Gasteiger partial charge on any atom is -0.385 e. The van der Waals surface area contributed by atoms with Crippen LogP contribution in [0.5, 0.6) is 0 Å². The Kier molecular flexibility index (Phi) is 8.20. The highest BCUT2D eigenvalue weighted by atomic mass is 16.5. The third kappa shape index (κ3) is 8.52. The SMILES string of the molecule is CCCCCNCC(C)(C)CCOC. The maximum absolute atomic E-state index is 5.09. The lowest BCUT2D eigenvalue weighted by Crippen LogP contribution is -2.31. The second-order valence-corrected chi connectivity index (χ2v) is 4.79. The van der Waals surface area contributed by atoms with Crippen molar-refractivity contribution >= 4 is 0 Å². The van der Waals surface area contributed by atoms with Crippen LogP contribution in [-0.4, -0.2) is 26.8 Å². The molecule has 14 heavy (non-hydrogen) atoms. The molecule has 0 saturated heterocycles. The number of hydrogen-bond donors (Lipinski definition) is 1. The molecular weight excluding hydrogens is 174 g/mol. The second kappa shape index (κ2) is 8.25. The lowest BCUT2D eigenvalue weighted by atomic mass is 9.90. The van der Waals surface area contributed by atoms with Crippen LogP contribution in [0.25, 0.3) is 0 Å². The van der Waals surface area contributed by atoms with E-state index in [1.54, 1.807) is 7.11 Å². The highest BCUT2D eigenvalue weighted by molar-refractivity contribution is 4.71. The molecule has 0 rings (SSSR count). The van der Waals surface area contributed by atoms with Crippen LogP contribution >= 0.6 is 0 Å². The zero-order valence-corrected chi connectivity index (χ0v) is 10.4. The smallest absolute Gasteiger partial charge is 0.0467 e. The Morgan fingerprint density at radius 3 is 2.50 bits per heavy atom. The summed E-state index contributed by atoms with van der Waals surface area (Å²) in [4.78, 5) is 0. The lowest BCUT2D eigenvalue weighted by Gasteiger charge is -2.24. The van der Waals surface area contributed by atoms with Crippen LogP contribution < -0.4 is 5.32 Å². The summed E-state index contributed by atoms with van der Waals surface area (Å²) in [5.41, 5.74) is 0.363. The summed E-state index contributed by atoms with van der Waals surface area (Å²) in [5.74, 6) is 0. The fourth-order valence-electron chi connectivity index (χ4n) is 1.39. The Bertz CT molecular complexity index is 123. The third-order valence-corrected chi connectivity index (χ3v) is 2.54. The molecule has 0 aromatic heterocycles. The number of unbranched alkanes of at least 4 members (excludes halogenated alkanes) is 2. The predicted molar refractivity (Wildman–Crippen MR) is 62.7 cm³/mol. The zero-order valence-electron chi connectivity index (χ0n) is 10.4. The molecule has 0 unspecified atom stereocenters. The average molecular weight is 201 g/mol. The Balaban J connectivity index is 3.35. The van der Waals surface area contributed by atoms with Gasteiger partial charge in [-0.1, -0.05) is 33.6 Å². The van der Waals surface area contributed by atoms with Crippen molar-refractivity contribution in [1.82, 2.24) is 5.32 Å². The van der Waals surface area contributed by atoms with Gasteiger partial charge in [0, 0.05) is 20.3 Å². The van der Waals surface area contributed by atoms with Gasteiger partial charge in [0.1, 0.15) is 0 Å². The van der Waals surface area contributed by atoms with Crippen LogP contribution in [-0.2, 0) is 4.74 Å². The number of hydrogen-bond acceptors (Lipinski definition) is 2. The van der Waals surface area contributed by atoms with Gasteiger partial charge in [-0.05, 0) is 24.8 Å². The van der Waals surface area contributed by atoms with E-state index in [1.165, 1.54) is 19.3 Å². The molecule has 0 bridgehead atoms. The first-order valence-electron chi connectivity index (χ1n) is 5.82. The highest BCUT2D eigenvalue weighted by Gasteiger charge is 2.16. The predicted octanol–water partition coefficient (Wildman–Crippen LogP) is 2.83. The Morgan fingerprint density at radius 2 is 1.93 bits per heavy atom. The van der Waals surface area contributed by atoms with E-state index in [0.29, 0.717) is 5.41 Å². The van der Waals surface area contributed by atoms with Crippen molar-refractivity contribution in [3.05, 3.63) is 0 Å². The van der Waals surface area contributed by atoms with E-state index in [9.17, 15) is 0 Å². The minimum atomic E-state index is 0.363. The molecule has 0 aromatic rings. The topological polar surface area (TPSA) is 21.3 Å². The zero-order chi connectivity index (χ0) is 10.9. The number of rotatable bonds is 9. The molecule has 86 valence electrons. The van der Waals surface area contributed by atoms with Gasteiger partial charge in [0.15, 0.2) is 0 Å². The fraction of sp³-hybridized carbons (Fsp3) is 1.00. The normalized spacial score (nSPS) is 12.0. The molecule has 0 spiro atoms. The van der Waals surface area contributed by atoms with Crippen LogP contribution in [0.15, 0.2) is 0 Å². The molecule has 0 aliphatic heterocycles. The number of methoxy groups -OCH3 is 1. The van der Waals surface area contributed by atoms with Gasteiger partial charge in [0.2, 0.25) is 0 Å². The fourth-order valence-corrected chi connectivity index (χ4v) is 1.39. The summed E-state index contributed by atoms with van der Waals surface area (Å²) in [7, 11) is 1.77. The molecule has 0 amide bonds. The van der Waals surface area contributed by atoms with E-state index in [4.69, 9.17) is 4.74 Å². The molecule has 0 atom stereocenters. The average Bonchev–Trinajstić information content (AvgIpc) is 2.15. The van der Waals surface area contributed by atoms with E-state index < -0.39 is 0 Å². The molecule has 0 heterocycles. The van der Waals surface area contributed by atoms with E-state index in [-0.39, 0.29) is 0 Å². The minimum absolute atomic E-state index is 0.363. The van der Waals surface area contributed by atoms with E-state index in [2.05, 4.69) is 26.1 Å². The molecular formula is C12H27NO. The Hall–Kier alpha value is -0.0800. The van der Waals surface area contributed by atoms with Gasteiger partial charge in [0.05, 0.1) is 0 Å². The van der Waals surface area contributed by atoms with Gasteiger partial charge in [-0.2, -0.15) is 0 Å². The Morgan fingerprint density at radius 1 is 1.21 bits per heavy atom. The second-order valence-electron chi connectivity index (χ2n) is 4.79. The summed E-state index contributed by atoms with van der Waals surface area (Å²) in [6.45, 7) is 9.94. The van der Waals surface area contributed by atoms with Gasteiger partial charge in [-0.15, -0.1) is 0 Å². The van der Waals surface area contributed by atoms with E-state index in [0.717, 1.165) is 26.1 Å². The molecule has 0 radical (unpaired) electrons. The molecule has 0 aliphatic carbocycles. The number of nitrogens with one attached hydrogen (secondary N) is 1. The van der Waals surface area contributed by atoms with Gasteiger partial charge >= 0.3 is 0 Å². The first kappa shape index (κ1) is 13.9.